The summed E-state index contributed by atoms with van der Waals surface area (Å²) in [6, 6.07) is 13.8. The highest BCUT2D eigenvalue weighted by Crippen LogP contribution is 2.43. The van der Waals surface area contributed by atoms with Gasteiger partial charge in [-0.05, 0) is 70.2 Å². The van der Waals surface area contributed by atoms with E-state index in [0.717, 1.165) is 35.0 Å². The Morgan fingerprint density at radius 1 is 1.17 bits per heavy atom. The highest BCUT2D eigenvalue weighted by molar-refractivity contribution is 5.92. The first-order valence-corrected chi connectivity index (χ1v) is 10.3. The van der Waals surface area contributed by atoms with Gasteiger partial charge in [0, 0.05) is 5.54 Å². The molecule has 1 amide bonds. The van der Waals surface area contributed by atoms with Crippen LogP contribution < -0.4 is 5.32 Å². The molecule has 0 unspecified atom stereocenters. The van der Waals surface area contributed by atoms with Crippen LogP contribution in [0.15, 0.2) is 42.5 Å². The summed E-state index contributed by atoms with van der Waals surface area (Å²) in [5.74, 6) is 0.323. The van der Waals surface area contributed by atoms with E-state index in [1.807, 2.05) is 43.3 Å². The number of carbonyl (C=O) groups excluding carboxylic acids is 1. The number of nitrogens with one attached hydrogen (secondary N) is 1. The van der Waals surface area contributed by atoms with Crippen LogP contribution in [0.2, 0.25) is 0 Å². The van der Waals surface area contributed by atoms with E-state index >= 15 is 0 Å². The van der Waals surface area contributed by atoms with Gasteiger partial charge >= 0.3 is 0 Å². The SMILES string of the molecule is Cc1ccc([C@@](C)(O)CC(=O)Nc2nc3ccc(C)cc3n2C2(C)CCC2)cc1. The molecule has 2 N–H and O–H groups in total. The Morgan fingerprint density at radius 2 is 1.83 bits per heavy atom. The molecule has 0 radical (unpaired) electrons. The molecule has 1 aliphatic rings. The summed E-state index contributed by atoms with van der Waals surface area (Å²) in [5.41, 5.74) is 3.66. The molecular weight excluding hydrogens is 362 g/mol. The summed E-state index contributed by atoms with van der Waals surface area (Å²) < 4.78 is 2.18. The van der Waals surface area contributed by atoms with Crippen LogP contribution in [-0.2, 0) is 15.9 Å². The summed E-state index contributed by atoms with van der Waals surface area (Å²) >= 11 is 0. The van der Waals surface area contributed by atoms with Gasteiger partial charge in [0.25, 0.3) is 0 Å². The van der Waals surface area contributed by atoms with Gasteiger partial charge in [0.15, 0.2) is 0 Å². The highest BCUT2D eigenvalue weighted by Gasteiger charge is 2.37. The molecule has 1 fully saturated rings. The molecule has 1 aromatic heterocycles. The van der Waals surface area contributed by atoms with Crippen molar-refractivity contribution in [2.75, 3.05) is 5.32 Å². The highest BCUT2D eigenvalue weighted by atomic mass is 16.3. The van der Waals surface area contributed by atoms with Crippen LogP contribution in [-0.4, -0.2) is 20.6 Å². The van der Waals surface area contributed by atoms with Crippen molar-refractivity contribution in [3.8, 4) is 0 Å². The summed E-state index contributed by atoms with van der Waals surface area (Å²) in [7, 11) is 0. The number of fused-ring (bicyclic) bond motifs is 1. The molecule has 1 atom stereocenters. The average molecular weight is 392 g/mol. The second-order valence-electron chi connectivity index (χ2n) is 8.98. The minimum Gasteiger partial charge on any atom is -0.385 e. The number of anilines is 1. The maximum absolute atomic E-state index is 12.9. The van der Waals surface area contributed by atoms with Gasteiger partial charge in [-0.1, -0.05) is 35.9 Å². The van der Waals surface area contributed by atoms with E-state index in [0.29, 0.717) is 5.95 Å². The Balaban J connectivity index is 1.63. The third kappa shape index (κ3) is 3.67. The van der Waals surface area contributed by atoms with Crippen molar-refractivity contribution in [3.63, 3.8) is 0 Å². The molecule has 1 aliphatic carbocycles. The molecule has 29 heavy (non-hydrogen) atoms. The summed E-state index contributed by atoms with van der Waals surface area (Å²) in [5, 5.41) is 13.9. The molecule has 5 nitrogen and oxygen atoms in total. The molecular formula is C24H29N3O2. The smallest absolute Gasteiger partial charge is 0.229 e. The topological polar surface area (TPSA) is 67.2 Å². The molecule has 2 aromatic carbocycles. The fraction of sp³-hybridized carbons (Fsp3) is 0.417. The minimum absolute atomic E-state index is 0.0327. The van der Waals surface area contributed by atoms with E-state index < -0.39 is 5.60 Å². The summed E-state index contributed by atoms with van der Waals surface area (Å²) in [6.07, 6.45) is 3.28. The van der Waals surface area contributed by atoms with Crippen molar-refractivity contribution in [2.24, 2.45) is 0 Å². The fourth-order valence-electron chi connectivity index (χ4n) is 4.22. The van der Waals surface area contributed by atoms with Gasteiger partial charge in [0.05, 0.1) is 23.1 Å². The van der Waals surface area contributed by atoms with Crippen LogP contribution in [0.5, 0.6) is 0 Å². The number of hydrogen-bond donors (Lipinski definition) is 2. The zero-order valence-corrected chi connectivity index (χ0v) is 17.6. The zero-order valence-electron chi connectivity index (χ0n) is 17.6. The van der Waals surface area contributed by atoms with E-state index in [1.165, 1.54) is 12.0 Å². The molecule has 0 saturated heterocycles. The van der Waals surface area contributed by atoms with Gasteiger partial charge in [-0.15, -0.1) is 0 Å². The number of imidazole rings is 1. The Morgan fingerprint density at radius 3 is 2.45 bits per heavy atom. The van der Waals surface area contributed by atoms with Gasteiger partial charge in [-0.25, -0.2) is 4.98 Å². The quantitative estimate of drug-likeness (QED) is 0.657. The number of benzene rings is 2. The zero-order chi connectivity index (χ0) is 20.8. The van der Waals surface area contributed by atoms with Crippen molar-refractivity contribution in [3.05, 3.63) is 59.2 Å². The van der Waals surface area contributed by atoms with E-state index in [2.05, 4.69) is 29.8 Å². The molecule has 3 aromatic rings. The van der Waals surface area contributed by atoms with Crippen LogP contribution in [0, 0.1) is 13.8 Å². The van der Waals surface area contributed by atoms with Crippen molar-refractivity contribution in [1.82, 2.24) is 9.55 Å². The molecule has 152 valence electrons. The fourth-order valence-corrected chi connectivity index (χ4v) is 4.22. The Labute approximate surface area is 171 Å². The maximum Gasteiger partial charge on any atom is 0.229 e. The molecule has 5 heteroatoms. The van der Waals surface area contributed by atoms with Crippen LogP contribution in [0.25, 0.3) is 11.0 Å². The van der Waals surface area contributed by atoms with Gasteiger partial charge < -0.3 is 9.67 Å². The van der Waals surface area contributed by atoms with Crippen LogP contribution in [0.3, 0.4) is 0 Å². The lowest BCUT2D eigenvalue weighted by Gasteiger charge is -2.41. The number of rotatable bonds is 5. The second kappa shape index (κ2) is 6.99. The molecule has 4 rings (SSSR count). The minimum atomic E-state index is -1.24. The van der Waals surface area contributed by atoms with E-state index in [1.54, 1.807) is 6.92 Å². The average Bonchev–Trinajstić information content (AvgIpc) is 2.96. The number of aryl methyl sites for hydroxylation is 2. The monoisotopic (exact) mass is 391 g/mol. The number of carbonyl (C=O) groups is 1. The number of aliphatic hydroxyl groups is 1. The molecule has 1 heterocycles. The third-order valence-electron chi connectivity index (χ3n) is 6.21. The molecule has 0 spiro atoms. The predicted molar refractivity (Wildman–Crippen MR) is 116 cm³/mol. The van der Waals surface area contributed by atoms with Crippen molar-refractivity contribution < 1.29 is 9.90 Å². The van der Waals surface area contributed by atoms with Crippen molar-refractivity contribution in [1.29, 1.82) is 0 Å². The lowest BCUT2D eigenvalue weighted by Crippen LogP contribution is -2.38. The first-order chi connectivity index (χ1) is 13.7. The van der Waals surface area contributed by atoms with Crippen molar-refractivity contribution in [2.45, 2.75) is 64.5 Å². The Hall–Kier alpha value is -2.66. The first kappa shape index (κ1) is 19.6. The Bertz CT molecular complexity index is 1060. The number of hydrogen-bond acceptors (Lipinski definition) is 3. The van der Waals surface area contributed by atoms with E-state index in [9.17, 15) is 9.90 Å². The normalized spacial score (nSPS) is 17.6. The predicted octanol–water partition coefficient (Wildman–Crippen LogP) is 4.79. The second-order valence-corrected chi connectivity index (χ2v) is 8.98. The van der Waals surface area contributed by atoms with Gasteiger partial charge in [0.1, 0.15) is 0 Å². The lowest BCUT2D eigenvalue weighted by molar-refractivity contribution is -0.120. The largest absolute Gasteiger partial charge is 0.385 e. The summed E-state index contributed by atoms with van der Waals surface area (Å²) in [4.78, 5) is 17.6. The third-order valence-corrected chi connectivity index (χ3v) is 6.21. The van der Waals surface area contributed by atoms with E-state index in [-0.39, 0.29) is 17.9 Å². The molecule has 0 bridgehead atoms. The molecule has 0 aliphatic heterocycles. The number of amides is 1. The van der Waals surface area contributed by atoms with Gasteiger partial charge in [-0.2, -0.15) is 0 Å². The van der Waals surface area contributed by atoms with Gasteiger partial charge in [0.2, 0.25) is 11.9 Å². The van der Waals surface area contributed by atoms with Gasteiger partial charge in [-0.3, -0.25) is 10.1 Å². The Kier molecular flexibility index (Phi) is 4.74. The lowest BCUT2D eigenvalue weighted by atomic mass is 9.78. The summed E-state index contributed by atoms with van der Waals surface area (Å²) in [6.45, 7) is 7.96. The van der Waals surface area contributed by atoms with Crippen LogP contribution in [0.4, 0.5) is 5.95 Å². The van der Waals surface area contributed by atoms with Crippen LogP contribution in [0.1, 0.15) is 56.2 Å². The standard InChI is InChI=1S/C24H29N3O2/c1-16-6-9-18(10-7-16)24(4,29)15-21(28)26-22-25-19-11-8-17(2)14-20(19)27(22)23(3)12-5-13-23/h6-11,14,29H,5,12-13,15H2,1-4H3,(H,25,26,28)/t24-/m0/s1. The molecule has 1 saturated carbocycles. The number of nitrogens with zero attached hydrogens (tertiary/aromatic N) is 2. The number of aromatic nitrogens is 2. The van der Waals surface area contributed by atoms with Crippen LogP contribution >= 0.6 is 0 Å². The van der Waals surface area contributed by atoms with Crippen molar-refractivity contribution >= 4 is 22.9 Å². The first-order valence-electron chi connectivity index (χ1n) is 10.3. The maximum atomic E-state index is 12.9. The van der Waals surface area contributed by atoms with E-state index in [4.69, 9.17) is 4.98 Å².